The van der Waals surface area contributed by atoms with E-state index in [-0.39, 0.29) is 17.9 Å². The van der Waals surface area contributed by atoms with Crippen LogP contribution in [0, 0.1) is 6.92 Å². The molecule has 1 saturated carbocycles. The molecule has 2 aliphatic rings. The van der Waals surface area contributed by atoms with Crippen LogP contribution in [-0.4, -0.2) is 27.2 Å². The number of imidazole rings is 1. The number of rotatable bonds is 4. The third-order valence-corrected chi connectivity index (χ3v) is 6.61. The molecule has 2 amide bonds. The molecule has 1 fully saturated rings. The second kappa shape index (κ2) is 8.17. The number of hydrogen-bond acceptors (Lipinski definition) is 3. The fourth-order valence-corrected chi connectivity index (χ4v) is 4.91. The van der Waals surface area contributed by atoms with Crippen LogP contribution in [-0.2, 0) is 6.42 Å². The van der Waals surface area contributed by atoms with Crippen molar-refractivity contribution in [3.05, 3.63) is 70.7 Å². The van der Waals surface area contributed by atoms with Crippen LogP contribution in [0.15, 0.2) is 42.7 Å². The Morgan fingerprint density at radius 2 is 1.84 bits per heavy atom. The highest BCUT2D eigenvalue weighted by Crippen LogP contribution is 2.32. The molecule has 2 aliphatic carbocycles. The third kappa shape index (κ3) is 3.94. The Morgan fingerprint density at radius 3 is 2.68 bits per heavy atom. The predicted molar refractivity (Wildman–Crippen MR) is 119 cm³/mol. The fourth-order valence-electron chi connectivity index (χ4n) is 4.91. The van der Waals surface area contributed by atoms with Crippen LogP contribution in [0.1, 0.15) is 82.1 Å². The van der Waals surface area contributed by atoms with Gasteiger partial charge in [-0.15, -0.1) is 0 Å². The van der Waals surface area contributed by atoms with Crippen molar-refractivity contribution < 1.29 is 9.59 Å². The van der Waals surface area contributed by atoms with E-state index >= 15 is 0 Å². The maximum absolute atomic E-state index is 13.0. The van der Waals surface area contributed by atoms with Crippen molar-refractivity contribution in [1.29, 1.82) is 0 Å². The number of amides is 2. The van der Waals surface area contributed by atoms with Crippen LogP contribution in [0.2, 0.25) is 0 Å². The van der Waals surface area contributed by atoms with Crippen LogP contribution < -0.4 is 10.6 Å². The standard InChI is InChI=1S/C25H28N4O2/c1-16-7-12-23-26-14-22(29(23)15-16)25(31)28-21-11-9-17-13-18(8-10-20(17)21)24(30)27-19-5-3-2-4-6-19/h7-8,10,12-15,19,21H,2-6,9,11H2,1H3,(H,27,30)(H,28,31)/t21-/m1/s1. The van der Waals surface area contributed by atoms with Crippen LogP contribution in [0.25, 0.3) is 5.65 Å². The van der Waals surface area contributed by atoms with Gasteiger partial charge in [0.2, 0.25) is 0 Å². The van der Waals surface area contributed by atoms with Crippen LogP contribution in [0.5, 0.6) is 0 Å². The Balaban J connectivity index is 1.29. The molecule has 2 heterocycles. The minimum Gasteiger partial charge on any atom is -0.349 e. The molecule has 0 unspecified atom stereocenters. The number of carbonyl (C=O) groups is 2. The summed E-state index contributed by atoms with van der Waals surface area (Å²) >= 11 is 0. The fraction of sp³-hybridized carbons (Fsp3) is 0.400. The maximum Gasteiger partial charge on any atom is 0.270 e. The van der Waals surface area contributed by atoms with Gasteiger partial charge in [0.25, 0.3) is 11.8 Å². The van der Waals surface area contributed by atoms with E-state index in [4.69, 9.17) is 0 Å². The summed E-state index contributed by atoms with van der Waals surface area (Å²) in [6.07, 6.45) is 11.1. The number of aryl methyl sites for hydroxylation is 2. The summed E-state index contributed by atoms with van der Waals surface area (Å²) < 4.78 is 1.83. The number of fused-ring (bicyclic) bond motifs is 2. The molecule has 0 aliphatic heterocycles. The molecule has 31 heavy (non-hydrogen) atoms. The second-order valence-electron chi connectivity index (χ2n) is 8.86. The zero-order valence-corrected chi connectivity index (χ0v) is 17.9. The van der Waals surface area contributed by atoms with E-state index in [1.165, 1.54) is 19.3 Å². The van der Waals surface area contributed by atoms with Crippen molar-refractivity contribution in [3.8, 4) is 0 Å². The number of nitrogens with one attached hydrogen (secondary N) is 2. The molecule has 1 aromatic carbocycles. The largest absolute Gasteiger partial charge is 0.349 e. The minimum atomic E-state index is -0.130. The molecule has 0 radical (unpaired) electrons. The maximum atomic E-state index is 13.0. The highest BCUT2D eigenvalue weighted by Gasteiger charge is 2.26. The Morgan fingerprint density at radius 1 is 1.00 bits per heavy atom. The zero-order chi connectivity index (χ0) is 21.4. The Bertz CT molecular complexity index is 1140. The van der Waals surface area contributed by atoms with Gasteiger partial charge in [0.05, 0.1) is 12.2 Å². The summed E-state index contributed by atoms with van der Waals surface area (Å²) in [5, 5.41) is 6.35. The molecule has 6 heteroatoms. The highest BCUT2D eigenvalue weighted by molar-refractivity contribution is 5.95. The van der Waals surface area contributed by atoms with Crippen molar-refractivity contribution in [2.24, 2.45) is 0 Å². The van der Waals surface area contributed by atoms with Gasteiger partial charge in [-0.2, -0.15) is 0 Å². The van der Waals surface area contributed by atoms with Gasteiger partial charge in [-0.3, -0.25) is 14.0 Å². The molecule has 0 spiro atoms. The SMILES string of the molecule is Cc1ccc2ncc(C(=O)N[C@@H]3CCc4cc(C(=O)NC5CCCCC5)ccc43)n2c1. The smallest absolute Gasteiger partial charge is 0.270 e. The normalized spacial score (nSPS) is 18.7. The molecule has 1 atom stereocenters. The predicted octanol–water partition coefficient (Wildman–Crippen LogP) is 4.12. The molecular weight excluding hydrogens is 388 g/mol. The second-order valence-corrected chi connectivity index (χ2v) is 8.86. The molecule has 2 aromatic heterocycles. The number of pyridine rings is 1. The number of benzene rings is 1. The summed E-state index contributed by atoms with van der Waals surface area (Å²) in [4.78, 5) is 30.0. The molecule has 160 valence electrons. The van der Waals surface area contributed by atoms with Crippen molar-refractivity contribution in [3.63, 3.8) is 0 Å². The van der Waals surface area contributed by atoms with E-state index in [1.54, 1.807) is 6.20 Å². The molecule has 0 bridgehead atoms. The van der Waals surface area contributed by atoms with E-state index in [0.717, 1.165) is 48.0 Å². The van der Waals surface area contributed by atoms with Gasteiger partial charge in [-0.05, 0) is 67.5 Å². The lowest BCUT2D eigenvalue weighted by Crippen LogP contribution is -2.36. The molecule has 2 N–H and O–H groups in total. The first-order valence-electron chi connectivity index (χ1n) is 11.3. The van der Waals surface area contributed by atoms with Gasteiger partial charge < -0.3 is 10.6 Å². The topological polar surface area (TPSA) is 75.5 Å². The number of carbonyl (C=O) groups excluding carboxylic acids is 2. The van der Waals surface area contributed by atoms with Crippen LogP contribution >= 0.6 is 0 Å². The van der Waals surface area contributed by atoms with Gasteiger partial charge in [0.15, 0.2) is 0 Å². The molecular formula is C25H28N4O2. The lowest BCUT2D eigenvalue weighted by atomic mass is 9.95. The van der Waals surface area contributed by atoms with E-state index in [0.29, 0.717) is 17.3 Å². The number of aromatic nitrogens is 2. The van der Waals surface area contributed by atoms with E-state index in [9.17, 15) is 9.59 Å². The summed E-state index contributed by atoms with van der Waals surface area (Å²) in [7, 11) is 0. The average Bonchev–Trinajstić information content (AvgIpc) is 3.38. The van der Waals surface area contributed by atoms with E-state index in [1.807, 2.05) is 47.9 Å². The van der Waals surface area contributed by atoms with Crippen molar-refractivity contribution >= 4 is 17.5 Å². The quantitative estimate of drug-likeness (QED) is 0.672. The van der Waals surface area contributed by atoms with E-state index < -0.39 is 0 Å². The van der Waals surface area contributed by atoms with Crippen molar-refractivity contribution in [2.45, 2.75) is 64.0 Å². The van der Waals surface area contributed by atoms with Crippen LogP contribution in [0.3, 0.4) is 0 Å². The summed E-state index contributed by atoms with van der Waals surface area (Å²) in [5.74, 6) is -0.113. The first-order valence-corrected chi connectivity index (χ1v) is 11.3. The average molecular weight is 417 g/mol. The van der Waals surface area contributed by atoms with Crippen molar-refractivity contribution in [2.75, 3.05) is 0 Å². The Kier molecular flexibility index (Phi) is 5.22. The summed E-state index contributed by atoms with van der Waals surface area (Å²) in [6, 6.07) is 10.0. The lowest BCUT2D eigenvalue weighted by molar-refractivity contribution is 0.0920. The Labute approximate surface area is 182 Å². The first kappa shape index (κ1) is 19.8. The van der Waals surface area contributed by atoms with Gasteiger partial charge in [-0.1, -0.05) is 31.4 Å². The van der Waals surface area contributed by atoms with Gasteiger partial charge in [0, 0.05) is 17.8 Å². The number of hydrogen-bond donors (Lipinski definition) is 2. The summed E-state index contributed by atoms with van der Waals surface area (Å²) in [5.41, 5.74) is 5.34. The van der Waals surface area contributed by atoms with Crippen LogP contribution in [0.4, 0.5) is 0 Å². The van der Waals surface area contributed by atoms with Gasteiger partial charge in [0.1, 0.15) is 11.3 Å². The minimum absolute atomic E-state index is 0.0169. The monoisotopic (exact) mass is 416 g/mol. The zero-order valence-electron chi connectivity index (χ0n) is 17.9. The van der Waals surface area contributed by atoms with Crippen molar-refractivity contribution in [1.82, 2.24) is 20.0 Å². The lowest BCUT2D eigenvalue weighted by Gasteiger charge is -2.23. The Hall–Kier alpha value is -3.15. The first-order chi connectivity index (χ1) is 15.1. The molecule has 5 rings (SSSR count). The molecule has 6 nitrogen and oxygen atoms in total. The summed E-state index contributed by atoms with van der Waals surface area (Å²) in [6.45, 7) is 2.00. The third-order valence-electron chi connectivity index (χ3n) is 6.61. The van der Waals surface area contributed by atoms with Gasteiger partial charge >= 0.3 is 0 Å². The van der Waals surface area contributed by atoms with E-state index in [2.05, 4.69) is 15.6 Å². The molecule has 3 aromatic rings. The van der Waals surface area contributed by atoms with Gasteiger partial charge in [-0.25, -0.2) is 4.98 Å². The number of nitrogens with zero attached hydrogens (tertiary/aromatic N) is 2. The highest BCUT2D eigenvalue weighted by atomic mass is 16.2. The molecule has 0 saturated heterocycles.